The van der Waals surface area contributed by atoms with Crippen LogP contribution in [0.4, 0.5) is 15.8 Å². The number of unbranched alkanes of at least 4 members (excludes halogenated alkanes) is 2. The maximum absolute atomic E-state index is 14.8. The molecule has 1 heterocycles. The molecule has 2 aromatic rings. The van der Waals surface area contributed by atoms with Crippen molar-refractivity contribution in [3.05, 3.63) is 52.8 Å². The molecule has 0 bridgehead atoms. The number of benzene rings is 2. The molecule has 1 fully saturated rings. The predicted octanol–water partition coefficient (Wildman–Crippen LogP) is 6.44. The van der Waals surface area contributed by atoms with Gasteiger partial charge in [-0.05, 0) is 80.5 Å². The number of carboxylic acid groups (broad SMARTS) is 1. The highest BCUT2D eigenvalue weighted by molar-refractivity contribution is 7.91. The number of carbonyl (C=O) groups is 1. The van der Waals surface area contributed by atoms with Gasteiger partial charge in [0.05, 0.1) is 16.3 Å². The van der Waals surface area contributed by atoms with Crippen LogP contribution < -0.4 is 10.2 Å². The molecule has 0 spiro atoms. The van der Waals surface area contributed by atoms with Gasteiger partial charge in [0.25, 0.3) is 0 Å². The van der Waals surface area contributed by atoms with Gasteiger partial charge >= 0.3 is 5.97 Å². The highest BCUT2D eigenvalue weighted by atomic mass is 32.2. The summed E-state index contributed by atoms with van der Waals surface area (Å²) in [5, 5.41) is 12.7. The van der Waals surface area contributed by atoms with E-state index in [4.69, 9.17) is 0 Å². The maximum Gasteiger partial charge on any atom is 0.323 e. The molecule has 1 saturated carbocycles. The first-order chi connectivity index (χ1) is 18.0. The molecular formula is C30H41FN2O4S. The number of anilines is 2. The third-order valence-corrected chi connectivity index (χ3v) is 10.4. The van der Waals surface area contributed by atoms with Crippen molar-refractivity contribution in [2.24, 2.45) is 5.41 Å². The maximum atomic E-state index is 14.8. The largest absolute Gasteiger partial charge is 0.480 e. The van der Waals surface area contributed by atoms with Gasteiger partial charge in [-0.1, -0.05) is 45.6 Å². The van der Waals surface area contributed by atoms with Crippen LogP contribution >= 0.6 is 0 Å². The standard InChI is InChI=1S/C30H41FN2O4S/c1-5-7-11-29(12-8-6-2)19-33(24-10-9-21(3)25(31)17-24)26-15-22(4)23(16-27(26)38(36,37)20-29)18-32-30(13-14-30)28(34)35/h9-10,15-17,32H,5-8,11-14,18-20H2,1-4H3,(H,34,35). The zero-order valence-corrected chi connectivity index (χ0v) is 23.9. The van der Waals surface area contributed by atoms with Crippen LogP contribution in [-0.4, -0.2) is 37.3 Å². The Morgan fingerprint density at radius 2 is 1.71 bits per heavy atom. The Labute approximate surface area is 226 Å². The molecule has 1 aliphatic carbocycles. The van der Waals surface area contributed by atoms with Gasteiger partial charge in [-0.25, -0.2) is 12.8 Å². The van der Waals surface area contributed by atoms with Crippen molar-refractivity contribution in [2.45, 2.75) is 96.0 Å². The van der Waals surface area contributed by atoms with E-state index in [0.29, 0.717) is 36.3 Å². The lowest BCUT2D eigenvalue weighted by molar-refractivity contribution is -0.140. The molecule has 4 rings (SSSR count). The van der Waals surface area contributed by atoms with Gasteiger partial charge in [0.1, 0.15) is 11.4 Å². The zero-order chi connectivity index (χ0) is 27.7. The topological polar surface area (TPSA) is 86.7 Å². The second-order valence-corrected chi connectivity index (χ2v) is 13.4. The number of hydrogen-bond acceptors (Lipinski definition) is 5. The summed E-state index contributed by atoms with van der Waals surface area (Å²) in [4.78, 5) is 13.9. The van der Waals surface area contributed by atoms with E-state index < -0.39 is 26.8 Å². The average molecular weight is 545 g/mol. The summed E-state index contributed by atoms with van der Waals surface area (Å²) >= 11 is 0. The Morgan fingerprint density at radius 3 is 2.26 bits per heavy atom. The van der Waals surface area contributed by atoms with E-state index in [1.54, 1.807) is 19.1 Å². The number of rotatable bonds is 11. The molecule has 8 heteroatoms. The van der Waals surface area contributed by atoms with Crippen LogP contribution in [0.25, 0.3) is 0 Å². The van der Waals surface area contributed by atoms with E-state index in [1.807, 2.05) is 24.0 Å². The van der Waals surface area contributed by atoms with E-state index in [-0.39, 0.29) is 23.0 Å². The molecule has 208 valence electrons. The highest BCUT2D eigenvalue weighted by Gasteiger charge is 2.50. The summed E-state index contributed by atoms with van der Waals surface area (Å²) in [5.74, 6) is -1.14. The normalized spacial score (nSPS) is 19.0. The highest BCUT2D eigenvalue weighted by Crippen LogP contribution is 2.46. The van der Waals surface area contributed by atoms with Crippen molar-refractivity contribution in [2.75, 3.05) is 17.2 Å². The Bertz CT molecular complexity index is 1300. The first-order valence-corrected chi connectivity index (χ1v) is 15.5. The molecule has 0 radical (unpaired) electrons. The molecule has 0 unspecified atom stereocenters. The summed E-state index contributed by atoms with van der Waals surface area (Å²) in [6.45, 7) is 8.65. The Morgan fingerprint density at radius 1 is 1.05 bits per heavy atom. The van der Waals surface area contributed by atoms with Gasteiger partial charge in [0.15, 0.2) is 9.84 Å². The van der Waals surface area contributed by atoms with Gasteiger partial charge in [0, 0.05) is 24.2 Å². The van der Waals surface area contributed by atoms with E-state index >= 15 is 0 Å². The third-order valence-electron chi connectivity index (χ3n) is 8.40. The fourth-order valence-corrected chi connectivity index (χ4v) is 7.83. The number of nitrogens with one attached hydrogen (secondary N) is 1. The van der Waals surface area contributed by atoms with Crippen molar-refractivity contribution in [1.82, 2.24) is 5.32 Å². The molecule has 0 saturated heterocycles. The van der Waals surface area contributed by atoms with Gasteiger partial charge in [-0.2, -0.15) is 0 Å². The molecule has 38 heavy (non-hydrogen) atoms. The van der Waals surface area contributed by atoms with E-state index in [9.17, 15) is 22.7 Å². The molecule has 0 amide bonds. The number of fused-ring (bicyclic) bond motifs is 1. The summed E-state index contributed by atoms with van der Waals surface area (Å²) in [6.07, 6.45) is 6.50. The monoisotopic (exact) mass is 544 g/mol. The number of aliphatic carboxylic acids is 1. The summed E-state index contributed by atoms with van der Waals surface area (Å²) in [6, 6.07) is 8.74. The molecular weight excluding hydrogens is 503 g/mol. The molecule has 2 N–H and O–H groups in total. The quantitative estimate of drug-likeness (QED) is 0.339. The van der Waals surface area contributed by atoms with Gasteiger partial charge in [-0.3, -0.25) is 10.1 Å². The summed E-state index contributed by atoms with van der Waals surface area (Å²) in [5.41, 5.74) is 2.03. The van der Waals surface area contributed by atoms with Gasteiger partial charge in [0.2, 0.25) is 0 Å². The second-order valence-electron chi connectivity index (χ2n) is 11.5. The minimum absolute atomic E-state index is 0.0484. The third kappa shape index (κ3) is 5.76. The average Bonchev–Trinajstić information content (AvgIpc) is 3.67. The Hall–Kier alpha value is -2.45. The lowest BCUT2D eigenvalue weighted by atomic mass is 9.79. The summed E-state index contributed by atoms with van der Waals surface area (Å²) < 4.78 is 43.0. The molecule has 6 nitrogen and oxygen atoms in total. The molecule has 1 aliphatic heterocycles. The predicted molar refractivity (Wildman–Crippen MR) is 149 cm³/mol. The number of nitrogens with zero attached hydrogens (tertiary/aromatic N) is 1. The lowest BCUT2D eigenvalue weighted by Gasteiger charge is -2.37. The smallest absolute Gasteiger partial charge is 0.323 e. The number of carboxylic acids is 1. The van der Waals surface area contributed by atoms with Crippen LogP contribution in [0.3, 0.4) is 0 Å². The van der Waals surface area contributed by atoms with Crippen molar-refractivity contribution >= 4 is 27.2 Å². The van der Waals surface area contributed by atoms with Crippen LogP contribution in [0.15, 0.2) is 35.2 Å². The van der Waals surface area contributed by atoms with E-state index in [0.717, 1.165) is 49.7 Å². The van der Waals surface area contributed by atoms with Gasteiger partial charge in [-0.15, -0.1) is 0 Å². The number of aryl methyl sites for hydroxylation is 2. The number of halogens is 1. The lowest BCUT2D eigenvalue weighted by Crippen LogP contribution is -2.38. The van der Waals surface area contributed by atoms with Crippen molar-refractivity contribution in [3.8, 4) is 0 Å². The van der Waals surface area contributed by atoms with Crippen LogP contribution in [0.2, 0.25) is 0 Å². The molecule has 0 aromatic heterocycles. The van der Waals surface area contributed by atoms with Crippen molar-refractivity contribution < 1.29 is 22.7 Å². The Balaban J connectivity index is 1.85. The van der Waals surface area contributed by atoms with Gasteiger partial charge < -0.3 is 10.0 Å². The summed E-state index contributed by atoms with van der Waals surface area (Å²) in [7, 11) is -3.68. The minimum Gasteiger partial charge on any atom is -0.480 e. The molecule has 2 aliphatic rings. The van der Waals surface area contributed by atoms with E-state index in [1.165, 1.54) is 6.07 Å². The fraction of sp³-hybridized carbons (Fsp3) is 0.567. The first-order valence-electron chi connectivity index (χ1n) is 13.8. The zero-order valence-electron chi connectivity index (χ0n) is 23.1. The van der Waals surface area contributed by atoms with Crippen LogP contribution in [-0.2, 0) is 21.2 Å². The Kier molecular flexibility index (Phi) is 8.24. The first kappa shape index (κ1) is 28.6. The van der Waals surface area contributed by atoms with Crippen LogP contribution in [0.1, 0.15) is 81.9 Å². The number of hydrogen-bond donors (Lipinski definition) is 2. The van der Waals surface area contributed by atoms with E-state index in [2.05, 4.69) is 19.2 Å². The van der Waals surface area contributed by atoms with Crippen LogP contribution in [0.5, 0.6) is 0 Å². The SMILES string of the molecule is CCCCC1(CCCC)CN(c2ccc(C)c(F)c2)c2cc(C)c(CNC3(C(=O)O)CC3)cc2S(=O)(=O)C1. The fourth-order valence-electron chi connectivity index (χ4n) is 5.68. The second kappa shape index (κ2) is 11.0. The van der Waals surface area contributed by atoms with Crippen LogP contribution in [0, 0.1) is 25.1 Å². The molecule has 2 aromatic carbocycles. The minimum atomic E-state index is -3.68. The molecule has 0 atom stereocenters. The number of sulfone groups is 1. The van der Waals surface area contributed by atoms with Crippen molar-refractivity contribution in [3.63, 3.8) is 0 Å². The van der Waals surface area contributed by atoms with Crippen molar-refractivity contribution in [1.29, 1.82) is 0 Å².